The van der Waals surface area contributed by atoms with Gasteiger partial charge in [0, 0.05) is 51.7 Å². The molecule has 4 aliphatic rings. The minimum atomic E-state index is -0.0682. The maximum atomic E-state index is 12.1. The van der Waals surface area contributed by atoms with Gasteiger partial charge >= 0.3 is 0 Å². The molecule has 4 heterocycles. The standard InChI is InChI=1S/C13H20N2O2.C13H22N2O/c1-3-12(16)15-8-11(9-15)13(17)14-6-4-10(2)5-7-14;1-3-13(16)15-9-12(10-15)8-14-6-4-11(2)5-7-14/h3,10-11H,1,4-9H2,2H3;3,11-12H,1,4-10H2,2H3. The van der Waals surface area contributed by atoms with Crippen LogP contribution in [0.3, 0.4) is 0 Å². The molecule has 4 fully saturated rings. The van der Waals surface area contributed by atoms with Crippen LogP contribution in [-0.2, 0) is 14.4 Å². The summed E-state index contributed by atoms with van der Waals surface area (Å²) in [6.07, 6.45) is 7.60. The van der Waals surface area contributed by atoms with Crippen LogP contribution < -0.4 is 0 Å². The smallest absolute Gasteiger partial charge is 0.246 e. The first kappa shape index (κ1) is 25.5. The van der Waals surface area contributed by atoms with E-state index in [0.29, 0.717) is 19.0 Å². The second-order valence-corrected chi connectivity index (χ2v) is 10.4. The van der Waals surface area contributed by atoms with Crippen LogP contribution in [-0.4, -0.2) is 96.2 Å². The van der Waals surface area contributed by atoms with Gasteiger partial charge < -0.3 is 19.6 Å². The van der Waals surface area contributed by atoms with Gasteiger partial charge in [-0.1, -0.05) is 27.0 Å². The first-order chi connectivity index (χ1) is 15.8. The Balaban J connectivity index is 0.000000186. The first-order valence-corrected chi connectivity index (χ1v) is 12.6. The summed E-state index contributed by atoms with van der Waals surface area (Å²) in [6, 6.07) is 0. The van der Waals surface area contributed by atoms with Crippen molar-refractivity contribution in [2.75, 3.05) is 58.9 Å². The van der Waals surface area contributed by atoms with Gasteiger partial charge in [-0.2, -0.15) is 0 Å². The Morgan fingerprint density at radius 1 is 0.727 bits per heavy atom. The fourth-order valence-corrected chi connectivity index (χ4v) is 5.04. The Hall–Kier alpha value is -2.15. The SMILES string of the molecule is C=CC(=O)N1CC(C(=O)N2CCC(C)CC2)C1.C=CC(=O)N1CC(CN2CCC(C)CC2)C1. The molecule has 3 amide bonds. The molecule has 0 aromatic heterocycles. The number of amides is 3. The molecule has 0 spiro atoms. The van der Waals surface area contributed by atoms with E-state index in [1.165, 1.54) is 44.6 Å². The largest absolute Gasteiger partial charge is 0.342 e. The Bertz CT molecular complexity index is 711. The van der Waals surface area contributed by atoms with E-state index in [0.717, 1.165) is 50.9 Å². The average molecular weight is 459 g/mol. The third-order valence-electron chi connectivity index (χ3n) is 7.65. The zero-order chi connectivity index (χ0) is 24.0. The average Bonchev–Trinajstić information content (AvgIpc) is 2.76. The quantitative estimate of drug-likeness (QED) is 0.593. The van der Waals surface area contributed by atoms with E-state index in [-0.39, 0.29) is 23.6 Å². The predicted molar refractivity (Wildman–Crippen MR) is 130 cm³/mol. The number of likely N-dealkylation sites (tertiary alicyclic amines) is 4. The Kier molecular flexibility index (Phi) is 9.12. The summed E-state index contributed by atoms with van der Waals surface area (Å²) in [7, 11) is 0. The second kappa shape index (κ2) is 11.8. The summed E-state index contributed by atoms with van der Waals surface area (Å²) < 4.78 is 0. The summed E-state index contributed by atoms with van der Waals surface area (Å²) in [6.45, 7) is 19.9. The molecule has 0 radical (unpaired) electrons. The molecule has 0 aromatic carbocycles. The van der Waals surface area contributed by atoms with E-state index in [9.17, 15) is 14.4 Å². The minimum Gasteiger partial charge on any atom is -0.342 e. The summed E-state index contributed by atoms with van der Waals surface area (Å²) in [5, 5.41) is 0. The fourth-order valence-electron chi connectivity index (χ4n) is 5.04. The third-order valence-corrected chi connectivity index (χ3v) is 7.65. The monoisotopic (exact) mass is 458 g/mol. The third kappa shape index (κ3) is 6.92. The van der Waals surface area contributed by atoms with E-state index in [1.807, 2.05) is 9.80 Å². The molecule has 0 saturated carbocycles. The Morgan fingerprint density at radius 3 is 1.67 bits per heavy atom. The van der Waals surface area contributed by atoms with Crippen molar-refractivity contribution in [3.8, 4) is 0 Å². The molecule has 0 unspecified atom stereocenters. The highest BCUT2D eigenvalue weighted by Gasteiger charge is 2.37. The molecule has 0 aliphatic carbocycles. The van der Waals surface area contributed by atoms with Crippen LogP contribution in [0.4, 0.5) is 0 Å². The number of hydrogen-bond acceptors (Lipinski definition) is 4. The molecule has 0 aromatic rings. The van der Waals surface area contributed by atoms with Gasteiger partial charge in [-0.25, -0.2) is 0 Å². The Labute approximate surface area is 199 Å². The number of hydrogen-bond donors (Lipinski definition) is 0. The molecular weight excluding hydrogens is 416 g/mol. The normalized spacial score (nSPS) is 23.2. The second-order valence-electron chi connectivity index (χ2n) is 10.4. The summed E-state index contributed by atoms with van der Waals surface area (Å²) in [4.78, 5) is 42.7. The van der Waals surface area contributed by atoms with E-state index in [4.69, 9.17) is 0 Å². The highest BCUT2D eigenvalue weighted by Crippen LogP contribution is 2.23. The molecular formula is C26H42N4O3. The van der Waals surface area contributed by atoms with Crippen molar-refractivity contribution >= 4 is 17.7 Å². The molecule has 7 heteroatoms. The van der Waals surface area contributed by atoms with Crippen molar-refractivity contribution in [1.82, 2.24) is 19.6 Å². The number of piperidine rings is 2. The Morgan fingerprint density at radius 2 is 1.18 bits per heavy atom. The van der Waals surface area contributed by atoms with Crippen molar-refractivity contribution < 1.29 is 14.4 Å². The molecule has 4 saturated heterocycles. The highest BCUT2D eigenvalue weighted by atomic mass is 16.2. The van der Waals surface area contributed by atoms with E-state index >= 15 is 0 Å². The van der Waals surface area contributed by atoms with Gasteiger partial charge in [-0.15, -0.1) is 0 Å². The summed E-state index contributed by atoms with van der Waals surface area (Å²) in [5.41, 5.74) is 0. The lowest BCUT2D eigenvalue weighted by Gasteiger charge is -2.42. The molecule has 4 rings (SSSR count). The molecule has 33 heavy (non-hydrogen) atoms. The van der Waals surface area contributed by atoms with Gasteiger partial charge in [0.25, 0.3) is 0 Å². The minimum absolute atomic E-state index is 0.0207. The van der Waals surface area contributed by atoms with Crippen LogP contribution in [0.25, 0.3) is 0 Å². The van der Waals surface area contributed by atoms with Gasteiger partial charge in [0.15, 0.2) is 0 Å². The van der Waals surface area contributed by atoms with Crippen LogP contribution in [0.15, 0.2) is 25.3 Å². The number of rotatable bonds is 5. The van der Waals surface area contributed by atoms with Crippen molar-refractivity contribution in [3.63, 3.8) is 0 Å². The van der Waals surface area contributed by atoms with Crippen molar-refractivity contribution in [2.24, 2.45) is 23.7 Å². The van der Waals surface area contributed by atoms with Gasteiger partial charge in [0.2, 0.25) is 17.7 Å². The zero-order valence-corrected chi connectivity index (χ0v) is 20.6. The lowest BCUT2D eigenvalue weighted by Crippen LogP contribution is -2.56. The molecule has 7 nitrogen and oxygen atoms in total. The van der Waals surface area contributed by atoms with E-state index < -0.39 is 0 Å². The van der Waals surface area contributed by atoms with Crippen LogP contribution in [0.2, 0.25) is 0 Å². The van der Waals surface area contributed by atoms with Gasteiger partial charge in [0.1, 0.15) is 0 Å². The van der Waals surface area contributed by atoms with E-state index in [1.54, 1.807) is 4.90 Å². The van der Waals surface area contributed by atoms with Gasteiger partial charge in [0.05, 0.1) is 5.92 Å². The molecule has 0 bridgehead atoms. The van der Waals surface area contributed by atoms with Crippen LogP contribution in [0.5, 0.6) is 0 Å². The van der Waals surface area contributed by atoms with Crippen LogP contribution in [0.1, 0.15) is 39.5 Å². The summed E-state index contributed by atoms with van der Waals surface area (Å²) in [5.74, 6) is 2.59. The van der Waals surface area contributed by atoms with Crippen molar-refractivity contribution in [2.45, 2.75) is 39.5 Å². The van der Waals surface area contributed by atoms with Crippen LogP contribution in [0, 0.1) is 23.7 Å². The molecule has 0 atom stereocenters. The molecule has 184 valence electrons. The first-order valence-electron chi connectivity index (χ1n) is 12.6. The topological polar surface area (TPSA) is 64.2 Å². The van der Waals surface area contributed by atoms with E-state index in [2.05, 4.69) is 31.9 Å². The number of carbonyl (C=O) groups excluding carboxylic acids is 3. The summed E-state index contributed by atoms with van der Waals surface area (Å²) >= 11 is 0. The maximum Gasteiger partial charge on any atom is 0.246 e. The predicted octanol–water partition coefficient (Wildman–Crippen LogP) is 2.25. The van der Waals surface area contributed by atoms with Crippen LogP contribution >= 0.6 is 0 Å². The molecule has 0 N–H and O–H groups in total. The fraction of sp³-hybridized carbons (Fsp3) is 0.731. The van der Waals surface area contributed by atoms with Crippen molar-refractivity contribution in [3.05, 3.63) is 25.3 Å². The lowest BCUT2D eigenvalue weighted by molar-refractivity contribution is -0.147. The zero-order valence-electron chi connectivity index (χ0n) is 20.6. The number of carbonyl (C=O) groups is 3. The highest BCUT2D eigenvalue weighted by molar-refractivity contribution is 5.90. The number of nitrogens with zero attached hydrogens (tertiary/aromatic N) is 4. The van der Waals surface area contributed by atoms with Crippen molar-refractivity contribution in [1.29, 1.82) is 0 Å². The van der Waals surface area contributed by atoms with Gasteiger partial charge in [-0.05, 0) is 62.8 Å². The molecule has 4 aliphatic heterocycles. The lowest BCUT2D eigenvalue weighted by atomic mass is 9.94. The maximum absolute atomic E-state index is 12.1. The van der Waals surface area contributed by atoms with Gasteiger partial charge in [-0.3, -0.25) is 14.4 Å².